The molecule has 154 valence electrons. The van der Waals surface area contributed by atoms with E-state index in [2.05, 4.69) is 29.2 Å². The zero-order valence-corrected chi connectivity index (χ0v) is 17.6. The molecular formula is C28H21N3O. The zero-order valence-electron chi connectivity index (χ0n) is 17.6. The predicted octanol–water partition coefficient (Wildman–Crippen LogP) is 5.55. The minimum Gasteiger partial charge on any atom is -0.354 e. The Morgan fingerprint density at radius 1 is 0.906 bits per heavy atom. The Morgan fingerprint density at radius 3 is 2.22 bits per heavy atom. The minimum absolute atomic E-state index is 0.269. The van der Waals surface area contributed by atoms with E-state index in [1.165, 1.54) is 6.92 Å². The van der Waals surface area contributed by atoms with Gasteiger partial charge in [-0.2, -0.15) is 10.5 Å². The number of benzene rings is 3. The smallest absolute Gasteiger partial charge is 0.157 e. The standard InChI is InChI=1S/C28H21N3O/c1-19(32)28(18-30)24(17-29)27(31-25-10-6-5-9-22(25)15-16-26(28)31)23-13-11-21(12-14-23)20-7-3-2-4-8-20/h2-16,24,26-27H,1H3. The van der Waals surface area contributed by atoms with Gasteiger partial charge in [0.1, 0.15) is 0 Å². The third-order valence-electron chi connectivity index (χ3n) is 6.81. The summed E-state index contributed by atoms with van der Waals surface area (Å²) in [5.41, 5.74) is 3.64. The van der Waals surface area contributed by atoms with Crippen LogP contribution in [0.25, 0.3) is 17.2 Å². The van der Waals surface area contributed by atoms with Gasteiger partial charge in [-0.05, 0) is 35.2 Å². The number of nitrogens with zero attached hydrogens (tertiary/aromatic N) is 3. The van der Waals surface area contributed by atoms with E-state index in [0.29, 0.717) is 0 Å². The lowest BCUT2D eigenvalue weighted by Gasteiger charge is -2.36. The van der Waals surface area contributed by atoms with Gasteiger partial charge < -0.3 is 4.90 Å². The summed E-state index contributed by atoms with van der Waals surface area (Å²) < 4.78 is 0. The van der Waals surface area contributed by atoms with E-state index in [1.807, 2.05) is 78.9 Å². The number of nitriles is 2. The molecule has 5 rings (SSSR count). The number of carbonyl (C=O) groups is 1. The van der Waals surface area contributed by atoms with E-state index in [-0.39, 0.29) is 5.78 Å². The van der Waals surface area contributed by atoms with E-state index < -0.39 is 23.4 Å². The quantitative estimate of drug-likeness (QED) is 0.562. The van der Waals surface area contributed by atoms with Gasteiger partial charge in [-0.25, -0.2) is 0 Å². The maximum absolute atomic E-state index is 12.9. The molecule has 4 atom stereocenters. The highest BCUT2D eigenvalue weighted by atomic mass is 16.1. The molecule has 32 heavy (non-hydrogen) atoms. The summed E-state index contributed by atoms with van der Waals surface area (Å²) in [6.07, 6.45) is 3.87. The molecule has 0 aromatic heterocycles. The van der Waals surface area contributed by atoms with Crippen molar-refractivity contribution < 1.29 is 4.79 Å². The summed E-state index contributed by atoms with van der Waals surface area (Å²) in [6.45, 7) is 1.43. The molecule has 4 nitrogen and oxygen atoms in total. The van der Waals surface area contributed by atoms with E-state index >= 15 is 0 Å². The van der Waals surface area contributed by atoms with E-state index in [0.717, 1.165) is 27.9 Å². The lowest BCUT2D eigenvalue weighted by Crippen LogP contribution is -2.44. The van der Waals surface area contributed by atoms with Gasteiger partial charge in [0.2, 0.25) is 0 Å². The third kappa shape index (κ3) is 2.70. The Balaban J connectivity index is 1.68. The van der Waals surface area contributed by atoms with Crippen molar-refractivity contribution in [1.82, 2.24) is 0 Å². The van der Waals surface area contributed by atoms with Crippen molar-refractivity contribution in [1.29, 1.82) is 10.5 Å². The summed E-state index contributed by atoms with van der Waals surface area (Å²) >= 11 is 0. The Bertz CT molecular complexity index is 1300. The molecule has 3 aromatic rings. The maximum Gasteiger partial charge on any atom is 0.157 e. The lowest BCUT2D eigenvalue weighted by atomic mass is 9.69. The number of carbonyl (C=O) groups excluding carboxylic acids is 1. The Labute approximate surface area is 187 Å². The fourth-order valence-electron chi connectivity index (χ4n) is 5.26. The highest BCUT2D eigenvalue weighted by Gasteiger charge is 2.63. The molecule has 0 N–H and O–H groups in total. The van der Waals surface area contributed by atoms with Crippen LogP contribution in [0.5, 0.6) is 0 Å². The number of Topliss-reactive ketones (excluding diaryl/α,β-unsaturated/α-hetero) is 1. The lowest BCUT2D eigenvalue weighted by molar-refractivity contribution is -0.124. The Morgan fingerprint density at radius 2 is 1.56 bits per heavy atom. The first-order chi connectivity index (χ1) is 15.6. The van der Waals surface area contributed by atoms with Crippen molar-refractivity contribution >= 4 is 17.5 Å². The van der Waals surface area contributed by atoms with Gasteiger partial charge in [-0.1, -0.05) is 84.9 Å². The van der Waals surface area contributed by atoms with Gasteiger partial charge in [-0.15, -0.1) is 0 Å². The normalized spacial score (nSPS) is 25.3. The molecule has 1 saturated heterocycles. The van der Waals surface area contributed by atoms with Crippen molar-refractivity contribution in [3.8, 4) is 23.3 Å². The molecule has 3 aromatic carbocycles. The fourth-order valence-corrected chi connectivity index (χ4v) is 5.26. The van der Waals surface area contributed by atoms with Crippen LogP contribution in [-0.2, 0) is 4.79 Å². The first kappa shape index (κ1) is 19.8. The summed E-state index contributed by atoms with van der Waals surface area (Å²) in [6, 6.07) is 29.9. The average Bonchev–Trinajstić information content (AvgIpc) is 3.15. The SMILES string of the molecule is CC(=O)C1(C#N)C(C#N)C(c2ccc(-c3ccccc3)cc2)N2c3ccccc3C=CC21. The van der Waals surface area contributed by atoms with E-state index in [4.69, 9.17) is 0 Å². The highest BCUT2D eigenvalue weighted by Crippen LogP contribution is 2.56. The number of rotatable bonds is 3. The summed E-state index contributed by atoms with van der Waals surface area (Å²) in [5.74, 6) is -1.07. The zero-order chi connectivity index (χ0) is 22.3. The van der Waals surface area contributed by atoms with Gasteiger partial charge in [0.25, 0.3) is 0 Å². The van der Waals surface area contributed by atoms with Crippen LogP contribution in [0.15, 0.2) is 84.9 Å². The number of anilines is 1. The van der Waals surface area contributed by atoms with E-state index in [1.54, 1.807) is 0 Å². The third-order valence-corrected chi connectivity index (χ3v) is 6.81. The van der Waals surface area contributed by atoms with Crippen LogP contribution in [0.1, 0.15) is 24.1 Å². The van der Waals surface area contributed by atoms with Crippen molar-refractivity contribution in [2.24, 2.45) is 11.3 Å². The second-order valence-electron chi connectivity index (χ2n) is 8.35. The second-order valence-corrected chi connectivity index (χ2v) is 8.35. The molecule has 0 radical (unpaired) electrons. The number of hydrogen-bond donors (Lipinski definition) is 0. The fraction of sp³-hybridized carbons (Fsp3) is 0.179. The summed E-state index contributed by atoms with van der Waals surface area (Å²) in [5, 5.41) is 20.5. The maximum atomic E-state index is 12.9. The molecular weight excluding hydrogens is 394 g/mol. The number of ketones is 1. The monoisotopic (exact) mass is 415 g/mol. The van der Waals surface area contributed by atoms with Crippen molar-refractivity contribution in [2.45, 2.75) is 19.0 Å². The molecule has 0 saturated carbocycles. The van der Waals surface area contributed by atoms with Gasteiger partial charge in [0, 0.05) is 5.69 Å². The van der Waals surface area contributed by atoms with Gasteiger partial charge in [-0.3, -0.25) is 4.79 Å². The molecule has 0 bridgehead atoms. The molecule has 0 aliphatic carbocycles. The molecule has 1 fully saturated rings. The molecule has 2 aliphatic heterocycles. The van der Waals surface area contributed by atoms with Crippen molar-refractivity contribution in [3.63, 3.8) is 0 Å². The van der Waals surface area contributed by atoms with Crippen LogP contribution < -0.4 is 4.90 Å². The number of fused-ring (bicyclic) bond motifs is 3. The van der Waals surface area contributed by atoms with Gasteiger partial charge in [0.15, 0.2) is 11.2 Å². The van der Waals surface area contributed by atoms with Crippen LogP contribution in [0.2, 0.25) is 0 Å². The molecule has 2 aliphatic rings. The van der Waals surface area contributed by atoms with Crippen LogP contribution in [0.3, 0.4) is 0 Å². The topological polar surface area (TPSA) is 67.9 Å². The van der Waals surface area contributed by atoms with Crippen LogP contribution in [0.4, 0.5) is 5.69 Å². The largest absolute Gasteiger partial charge is 0.354 e. The van der Waals surface area contributed by atoms with Crippen LogP contribution >= 0.6 is 0 Å². The molecule has 4 unspecified atom stereocenters. The first-order valence-corrected chi connectivity index (χ1v) is 10.6. The highest BCUT2D eigenvalue weighted by molar-refractivity contribution is 5.91. The van der Waals surface area contributed by atoms with E-state index in [9.17, 15) is 15.3 Å². The van der Waals surface area contributed by atoms with Crippen molar-refractivity contribution in [2.75, 3.05) is 4.90 Å². The first-order valence-electron chi connectivity index (χ1n) is 10.6. The molecule has 4 heteroatoms. The second kappa shape index (κ2) is 7.52. The number of para-hydroxylation sites is 1. The van der Waals surface area contributed by atoms with Gasteiger partial charge >= 0.3 is 0 Å². The minimum atomic E-state index is -1.43. The predicted molar refractivity (Wildman–Crippen MR) is 124 cm³/mol. The Hall–Kier alpha value is -4.15. The number of hydrogen-bond acceptors (Lipinski definition) is 4. The van der Waals surface area contributed by atoms with Crippen LogP contribution in [-0.4, -0.2) is 11.8 Å². The average molecular weight is 415 g/mol. The summed E-state index contributed by atoms with van der Waals surface area (Å²) in [4.78, 5) is 15.0. The molecule has 0 spiro atoms. The van der Waals surface area contributed by atoms with Crippen molar-refractivity contribution in [3.05, 3.63) is 96.1 Å². The van der Waals surface area contributed by atoms with Crippen LogP contribution in [0, 0.1) is 34.0 Å². The Kier molecular flexibility index (Phi) is 4.65. The summed E-state index contributed by atoms with van der Waals surface area (Å²) in [7, 11) is 0. The molecule has 2 heterocycles. The van der Waals surface area contributed by atoms with Gasteiger partial charge in [0.05, 0.1) is 30.1 Å². The molecule has 0 amide bonds.